The van der Waals surface area contributed by atoms with E-state index in [-0.39, 0.29) is 11.3 Å². The highest BCUT2D eigenvalue weighted by Crippen LogP contribution is 2.52. The minimum atomic E-state index is 0.0145. The molecule has 6 nitrogen and oxygen atoms in total. The third kappa shape index (κ3) is 3.95. The molecule has 0 spiro atoms. The number of fused-ring (bicyclic) bond motifs is 1. The minimum absolute atomic E-state index is 0.0145. The van der Waals surface area contributed by atoms with Gasteiger partial charge in [-0.25, -0.2) is 4.99 Å². The van der Waals surface area contributed by atoms with E-state index in [0.29, 0.717) is 30.2 Å². The predicted molar refractivity (Wildman–Crippen MR) is 108 cm³/mol. The average molecular weight is 373 g/mol. The van der Waals surface area contributed by atoms with E-state index in [0.717, 1.165) is 31.1 Å². The summed E-state index contributed by atoms with van der Waals surface area (Å²) >= 11 is 0. The molecule has 3 unspecified atom stereocenters. The van der Waals surface area contributed by atoms with Crippen LogP contribution in [0.3, 0.4) is 0 Å². The second-order valence-electron chi connectivity index (χ2n) is 8.28. The first-order chi connectivity index (χ1) is 12.8. The Kier molecular flexibility index (Phi) is 5.75. The third-order valence-corrected chi connectivity index (χ3v) is 5.76. The second-order valence-corrected chi connectivity index (χ2v) is 8.28. The Morgan fingerprint density at radius 3 is 2.63 bits per heavy atom. The Bertz CT molecular complexity index is 697. The Morgan fingerprint density at radius 2 is 2.00 bits per heavy atom. The number of hydrogen-bond acceptors (Lipinski definition) is 3. The number of hydrogen-bond donors (Lipinski definition) is 2. The number of benzene rings is 1. The molecule has 1 saturated carbocycles. The van der Waals surface area contributed by atoms with Crippen LogP contribution in [0.2, 0.25) is 0 Å². The monoisotopic (exact) mass is 372 g/mol. The molecule has 1 aromatic carbocycles. The van der Waals surface area contributed by atoms with Crippen LogP contribution in [-0.4, -0.2) is 56.2 Å². The summed E-state index contributed by atoms with van der Waals surface area (Å²) in [6.07, 6.45) is 1.48. The van der Waals surface area contributed by atoms with Gasteiger partial charge in [0.05, 0.1) is 12.6 Å². The molecule has 6 heteroatoms. The van der Waals surface area contributed by atoms with Gasteiger partial charge < -0.3 is 20.3 Å². The minimum Gasteiger partial charge on any atom is -0.377 e. The van der Waals surface area contributed by atoms with Gasteiger partial charge in [0.25, 0.3) is 5.91 Å². The van der Waals surface area contributed by atoms with Crippen molar-refractivity contribution in [3.63, 3.8) is 0 Å². The van der Waals surface area contributed by atoms with E-state index in [1.807, 2.05) is 24.3 Å². The van der Waals surface area contributed by atoms with Crippen molar-refractivity contribution in [1.82, 2.24) is 15.5 Å². The number of amides is 1. The van der Waals surface area contributed by atoms with Crippen LogP contribution in [0.15, 0.2) is 29.3 Å². The van der Waals surface area contributed by atoms with E-state index in [9.17, 15) is 4.79 Å². The second kappa shape index (κ2) is 7.89. The van der Waals surface area contributed by atoms with Gasteiger partial charge >= 0.3 is 0 Å². The lowest BCUT2D eigenvalue weighted by Gasteiger charge is -2.54. The lowest BCUT2D eigenvalue weighted by molar-refractivity contribution is -0.106. The highest BCUT2D eigenvalue weighted by Gasteiger charge is 2.59. The maximum atomic E-state index is 12.0. The Balaban J connectivity index is 1.65. The van der Waals surface area contributed by atoms with E-state index < -0.39 is 0 Å². The molecule has 1 amide bonds. The molecule has 1 saturated heterocycles. The van der Waals surface area contributed by atoms with Crippen LogP contribution in [0.25, 0.3) is 0 Å². The summed E-state index contributed by atoms with van der Waals surface area (Å²) in [7, 11) is 3.52. The molecule has 3 rings (SSSR count). The Morgan fingerprint density at radius 1 is 1.30 bits per heavy atom. The number of carbonyl (C=O) groups excluding carboxylic acids is 1. The molecule has 3 atom stereocenters. The molecular weight excluding hydrogens is 340 g/mol. The quantitative estimate of drug-likeness (QED) is 0.615. The van der Waals surface area contributed by atoms with E-state index in [4.69, 9.17) is 9.73 Å². The summed E-state index contributed by atoms with van der Waals surface area (Å²) in [5.41, 5.74) is 1.89. The van der Waals surface area contributed by atoms with Gasteiger partial charge in [0.15, 0.2) is 5.96 Å². The molecule has 2 N–H and O–H groups in total. The highest BCUT2D eigenvalue weighted by molar-refractivity contribution is 5.93. The van der Waals surface area contributed by atoms with Gasteiger partial charge in [-0.15, -0.1) is 0 Å². The van der Waals surface area contributed by atoms with E-state index in [1.165, 1.54) is 0 Å². The first kappa shape index (κ1) is 19.7. The largest absolute Gasteiger partial charge is 0.377 e. The molecule has 1 aliphatic heterocycles. The molecule has 0 aromatic heterocycles. The van der Waals surface area contributed by atoms with Crippen molar-refractivity contribution in [2.75, 3.05) is 27.2 Å². The van der Waals surface area contributed by atoms with Crippen molar-refractivity contribution < 1.29 is 9.53 Å². The first-order valence-corrected chi connectivity index (χ1v) is 9.81. The molecule has 1 aliphatic carbocycles. The van der Waals surface area contributed by atoms with Crippen molar-refractivity contribution in [1.29, 1.82) is 0 Å². The fraction of sp³-hybridized carbons (Fsp3) is 0.619. The van der Waals surface area contributed by atoms with Crippen LogP contribution < -0.4 is 10.6 Å². The van der Waals surface area contributed by atoms with Crippen LogP contribution in [0.1, 0.15) is 43.1 Å². The number of nitrogens with zero attached hydrogens (tertiary/aromatic N) is 2. The van der Waals surface area contributed by atoms with Crippen molar-refractivity contribution in [2.24, 2.45) is 16.3 Å². The molecule has 148 valence electrons. The van der Waals surface area contributed by atoms with E-state index >= 15 is 0 Å². The summed E-state index contributed by atoms with van der Waals surface area (Å²) in [5, 5.41) is 6.98. The number of ether oxygens (including phenoxy) is 1. The average Bonchev–Trinajstić information content (AvgIpc) is 3.11. The molecule has 1 heterocycles. The van der Waals surface area contributed by atoms with E-state index in [2.05, 4.69) is 31.4 Å². The lowest BCUT2D eigenvalue weighted by atomic mass is 9.57. The first-order valence-electron chi connectivity index (χ1n) is 9.81. The van der Waals surface area contributed by atoms with Crippen molar-refractivity contribution in [3.8, 4) is 0 Å². The molecular formula is C21H32N4O2. The van der Waals surface area contributed by atoms with Gasteiger partial charge in [0, 0.05) is 50.2 Å². The molecule has 2 fully saturated rings. The van der Waals surface area contributed by atoms with Gasteiger partial charge in [-0.3, -0.25) is 4.79 Å². The van der Waals surface area contributed by atoms with Crippen molar-refractivity contribution in [2.45, 2.75) is 45.9 Å². The molecule has 27 heavy (non-hydrogen) atoms. The smallest absolute Gasteiger partial charge is 0.253 e. The molecule has 0 bridgehead atoms. The summed E-state index contributed by atoms with van der Waals surface area (Å²) in [4.78, 5) is 18.3. The molecule has 0 radical (unpaired) electrons. The fourth-order valence-electron chi connectivity index (χ4n) is 4.27. The van der Waals surface area contributed by atoms with Crippen molar-refractivity contribution in [3.05, 3.63) is 35.4 Å². The van der Waals surface area contributed by atoms with Crippen LogP contribution >= 0.6 is 0 Å². The number of rotatable bonds is 5. The van der Waals surface area contributed by atoms with Crippen molar-refractivity contribution >= 4 is 11.9 Å². The van der Waals surface area contributed by atoms with Gasteiger partial charge in [0.2, 0.25) is 0 Å². The standard InChI is InChI=1S/C21H32N4O2/c1-6-22-20(24-17-16-11-12-27-18(16)21(17,2)3)23-13-14-7-9-15(10-8-14)19(26)25(4)5/h7-10,16-18H,6,11-13H2,1-5H3,(H2,22,23,24). The zero-order chi connectivity index (χ0) is 19.6. The zero-order valence-corrected chi connectivity index (χ0v) is 17.1. The van der Waals surface area contributed by atoms with Crippen LogP contribution in [0.4, 0.5) is 0 Å². The van der Waals surface area contributed by atoms with Gasteiger partial charge in [-0.05, 0) is 31.0 Å². The van der Waals surface area contributed by atoms with E-state index in [1.54, 1.807) is 19.0 Å². The number of guanidine groups is 1. The number of aliphatic imine (C=N–C) groups is 1. The summed E-state index contributed by atoms with van der Waals surface area (Å²) < 4.78 is 5.88. The topological polar surface area (TPSA) is 66.0 Å². The molecule has 1 aromatic rings. The predicted octanol–water partition coefficient (Wildman–Crippen LogP) is 2.26. The number of carbonyl (C=O) groups is 1. The van der Waals surface area contributed by atoms with Crippen LogP contribution in [-0.2, 0) is 11.3 Å². The SMILES string of the molecule is CCNC(=NCc1ccc(C(=O)N(C)C)cc1)NC1C2CCOC2C1(C)C. The summed E-state index contributed by atoms with van der Waals surface area (Å²) in [6, 6.07) is 8.05. The lowest BCUT2D eigenvalue weighted by Crippen LogP contribution is -2.67. The Hall–Kier alpha value is -2.08. The highest BCUT2D eigenvalue weighted by atomic mass is 16.5. The maximum absolute atomic E-state index is 12.0. The van der Waals surface area contributed by atoms with Crippen LogP contribution in [0.5, 0.6) is 0 Å². The van der Waals surface area contributed by atoms with Gasteiger partial charge in [0.1, 0.15) is 0 Å². The van der Waals surface area contributed by atoms with Gasteiger partial charge in [-0.2, -0.15) is 0 Å². The zero-order valence-electron chi connectivity index (χ0n) is 17.1. The normalized spacial score (nSPS) is 26.1. The third-order valence-electron chi connectivity index (χ3n) is 5.76. The van der Waals surface area contributed by atoms with Crippen LogP contribution in [0, 0.1) is 11.3 Å². The number of nitrogens with one attached hydrogen (secondary N) is 2. The molecule has 2 aliphatic rings. The summed E-state index contributed by atoms with van der Waals surface area (Å²) in [5.74, 6) is 1.43. The maximum Gasteiger partial charge on any atom is 0.253 e. The van der Waals surface area contributed by atoms with Gasteiger partial charge in [-0.1, -0.05) is 26.0 Å². The summed E-state index contributed by atoms with van der Waals surface area (Å²) in [6.45, 7) is 8.86. The fourth-order valence-corrected chi connectivity index (χ4v) is 4.27. The Labute approximate surface area is 162 Å².